The minimum atomic E-state index is -1.06. The minimum absolute atomic E-state index is 0.351. The molecule has 1 aliphatic heterocycles. The van der Waals surface area contributed by atoms with Gasteiger partial charge < -0.3 is 9.84 Å². The molecule has 0 aromatic heterocycles. The highest BCUT2D eigenvalue weighted by atomic mass is 16.5. The fourth-order valence-corrected chi connectivity index (χ4v) is 1.56. The number of hydrogen-bond acceptors (Lipinski definition) is 3. The van der Waals surface area contributed by atoms with Gasteiger partial charge in [0.2, 0.25) is 0 Å². The number of esters is 1. The highest BCUT2D eigenvalue weighted by Crippen LogP contribution is 2.24. The number of rotatable bonds is 3. The fourth-order valence-electron chi connectivity index (χ4n) is 1.56. The zero-order chi connectivity index (χ0) is 13.0. The van der Waals surface area contributed by atoms with E-state index in [1.54, 1.807) is 0 Å². The lowest BCUT2D eigenvalue weighted by molar-refractivity contribution is -0.132. The Balaban J connectivity index is 2.45. The Morgan fingerprint density at radius 3 is 2.39 bits per heavy atom. The van der Waals surface area contributed by atoms with Crippen LogP contribution in [-0.4, -0.2) is 17.0 Å². The maximum Gasteiger partial charge on any atom is 0.336 e. The number of benzene rings is 1. The molecule has 0 amide bonds. The van der Waals surface area contributed by atoms with E-state index in [2.05, 4.69) is 0 Å². The van der Waals surface area contributed by atoms with Gasteiger partial charge in [0.25, 0.3) is 0 Å². The Bertz CT molecular complexity index is 565. The number of cyclic esters (lactones) is 1. The van der Waals surface area contributed by atoms with Crippen LogP contribution in [-0.2, 0) is 14.3 Å². The average Bonchev–Trinajstić information content (AvgIpc) is 2.77. The minimum Gasteiger partial charge on any atom is -0.478 e. The summed E-state index contributed by atoms with van der Waals surface area (Å²) in [5, 5.41) is 8.67. The van der Waals surface area contributed by atoms with Crippen molar-refractivity contribution in [2.75, 3.05) is 0 Å². The molecule has 90 valence electrons. The van der Waals surface area contributed by atoms with Gasteiger partial charge in [-0.25, -0.2) is 9.59 Å². The van der Waals surface area contributed by atoms with Crippen LogP contribution in [0.5, 0.6) is 0 Å². The molecular formula is C14H10O4. The molecule has 4 nitrogen and oxygen atoms in total. The third-order valence-corrected chi connectivity index (χ3v) is 2.32. The smallest absolute Gasteiger partial charge is 0.336 e. The van der Waals surface area contributed by atoms with Gasteiger partial charge in [0, 0.05) is 17.7 Å². The van der Waals surface area contributed by atoms with E-state index >= 15 is 0 Å². The lowest BCUT2D eigenvalue weighted by Crippen LogP contribution is -1.95. The summed E-state index contributed by atoms with van der Waals surface area (Å²) in [6.45, 7) is 0. The van der Waals surface area contributed by atoms with E-state index < -0.39 is 11.9 Å². The lowest BCUT2D eigenvalue weighted by atomic mass is 10.0. The van der Waals surface area contributed by atoms with Crippen molar-refractivity contribution in [1.82, 2.24) is 0 Å². The SMILES string of the molecule is O=C(O)/C=C/C(=C1\C=CC(=O)O1)c1ccccc1. The van der Waals surface area contributed by atoms with Crippen molar-refractivity contribution in [2.24, 2.45) is 0 Å². The predicted octanol–water partition coefficient (Wildman–Crippen LogP) is 2.15. The molecule has 4 heteroatoms. The van der Waals surface area contributed by atoms with Crippen LogP contribution in [0.3, 0.4) is 0 Å². The largest absolute Gasteiger partial charge is 0.478 e. The molecule has 0 atom stereocenters. The summed E-state index contributed by atoms with van der Waals surface area (Å²) in [5.41, 5.74) is 1.34. The summed E-state index contributed by atoms with van der Waals surface area (Å²) in [4.78, 5) is 21.6. The van der Waals surface area contributed by atoms with Gasteiger partial charge in [0.1, 0.15) is 5.76 Å². The zero-order valence-corrected chi connectivity index (χ0v) is 9.37. The molecule has 1 aliphatic rings. The van der Waals surface area contributed by atoms with Gasteiger partial charge in [-0.2, -0.15) is 0 Å². The van der Waals surface area contributed by atoms with Crippen molar-refractivity contribution < 1.29 is 19.4 Å². The second kappa shape index (κ2) is 5.14. The molecule has 0 saturated carbocycles. The van der Waals surface area contributed by atoms with E-state index in [-0.39, 0.29) is 0 Å². The molecule has 1 heterocycles. The number of carbonyl (C=O) groups excluding carboxylic acids is 1. The zero-order valence-electron chi connectivity index (χ0n) is 9.37. The van der Waals surface area contributed by atoms with E-state index in [1.165, 1.54) is 18.2 Å². The predicted molar refractivity (Wildman–Crippen MR) is 65.4 cm³/mol. The van der Waals surface area contributed by atoms with Crippen LogP contribution < -0.4 is 0 Å². The number of carbonyl (C=O) groups is 2. The van der Waals surface area contributed by atoms with Gasteiger partial charge in [0.05, 0.1) is 0 Å². The molecule has 2 rings (SSSR count). The van der Waals surface area contributed by atoms with Gasteiger partial charge in [-0.3, -0.25) is 0 Å². The molecular weight excluding hydrogens is 232 g/mol. The summed E-state index contributed by atoms with van der Waals surface area (Å²) in [6, 6.07) is 9.13. The van der Waals surface area contributed by atoms with Crippen molar-refractivity contribution in [3.8, 4) is 0 Å². The van der Waals surface area contributed by atoms with E-state index in [0.29, 0.717) is 11.3 Å². The Morgan fingerprint density at radius 2 is 1.83 bits per heavy atom. The number of ether oxygens (including phenoxy) is 1. The molecule has 0 fully saturated rings. The summed E-state index contributed by atoms with van der Waals surface area (Å²) >= 11 is 0. The van der Waals surface area contributed by atoms with E-state index in [9.17, 15) is 9.59 Å². The standard InChI is InChI=1S/C14H10O4/c15-13(16)8-6-11(10-4-2-1-3-5-10)12-7-9-14(17)18-12/h1-9H,(H,15,16)/b8-6+,12-11-. The third kappa shape index (κ3) is 2.74. The Labute approximate surface area is 104 Å². The molecule has 0 radical (unpaired) electrons. The lowest BCUT2D eigenvalue weighted by Gasteiger charge is -2.05. The second-order valence-electron chi connectivity index (χ2n) is 3.57. The van der Waals surface area contributed by atoms with E-state index in [1.807, 2.05) is 30.3 Å². The van der Waals surface area contributed by atoms with Gasteiger partial charge in [0.15, 0.2) is 0 Å². The van der Waals surface area contributed by atoms with Crippen LogP contribution in [0.2, 0.25) is 0 Å². The quantitative estimate of drug-likeness (QED) is 0.651. The maximum absolute atomic E-state index is 11.0. The van der Waals surface area contributed by atoms with E-state index in [0.717, 1.165) is 11.6 Å². The summed E-state index contributed by atoms with van der Waals surface area (Å²) in [5.74, 6) is -1.16. The second-order valence-corrected chi connectivity index (χ2v) is 3.57. The number of hydrogen-bond donors (Lipinski definition) is 1. The Kier molecular flexibility index (Phi) is 3.38. The fraction of sp³-hybridized carbons (Fsp3) is 0. The van der Waals surface area contributed by atoms with Gasteiger partial charge >= 0.3 is 11.9 Å². The first-order chi connectivity index (χ1) is 8.66. The number of carboxylic acids is 1. The van der Waals surface area contributed by atoms with Crippen LogP contribution in [0.25, 0.3) is 5.57 Å². The van der Waals surface area contributed by atoms with Crippen LogP contribution in [0.4, 0.5) is 0 Å². The molecule has 1 aromatic carbocycles. The summed E-state index contributed by atoms with van der Waals surface area (Å²) in [6.07, 6.45) is 5.25. The molecule has 1 N–H and O–H groups in total. The van der Waals surface area contributed by atoms with Crippen molar-refractivity contribution in [3.63, 3.8) is 0 Å². The van der Waals surface area contributed by atoms with Crippen LogP contribution >= 0.6 is 0 Å². The number of carboxylic acid groups (broad SMARTS) is 1. The summed E-state index contributed by atoms with van der Waals surface area (Å²) < 4.78 is 5.00. The molecule has 18 heavy (non-hydrogen) atoms. The first-order valence-electron chi connectivity index (χ1n) is 5.27. The number of allylic oxidation sites excluding steroid dienone is 3. The molecule has 0 spiro atoms. The van der Waals surface area contributed by atoms with Gasteiger partial charge in [-0.15, -0.1) is 0 Å². The normalized spacial score (nSPS) is 17.0. The number of aliphatic carboxylic acids is 1. The summed E-state index contributed by atoms with van der Waals surface area (Å²) in [7, 11) is 0. The first-order valence-corrected chi connectivity index (χ1v) is 5.27. The topological polar surface area (TPSA) is 63.6 Å². The molecule has 0 unspecified atom stereocenters. The van der Waals surface area contributed by atoms with Crippen LogP contribution in [0.15, 0.2) is 60.4 Å². The maximum atomic E-state index is 11.0. The molecule has 0 aliphatic carbocycles. The van der Waals surface area contributed by atoms with Crippen LogP contribution in [0.1, 0.15) is 5.56 Å². The highest BCUT2D eigenvalue weighted by Gasteiger charge is 2.14. The van der Waals surface area contributed by atoms with Crippen molar-refractivity contribution in [2.45, 2.75) is 0 Å². The Hall–Kier alpha value is -2.62. The third-order valence-electron chi connectivity index (χ3n) is 2.32. The van der Waals surface area contributed by atoms with Gasteiger partial charge in [-0.1, -0.05) is 30.3 Å². The highest BCUT2D eigenvalue weighted by molar-refractivity contribution is 5.92. The van der Waals surface area contributed by atoms with Gasteiger partial charge in [-0.05, 0) is 17.7 Å². The van der Waals surface area contributed by atoms with Crippen molar-refractivity contribution in [3.05, 3.63) is 66.0 Å². The Morgan fingerprint density at radius 1 is 1.11 bits per heavy atom. The average molecular weight is 242 g/mol. The first kappa shape index (κ1) is 11.9. The van der Waals surface area contributed by atoms with Crippen molar-refractivity contribution >= 4 is 17.5 Å². The van der Waals surface area contributed by atoms with E-state index in [4.69, 9.17) is 9.84 Å². The monoisotopic (exact) mass is 242 g/mol. The molecule has 0 bridgehead atoms. The van der Waals surface area contributed by atoms with Crippen LogP contribution in [0, 0.1) is 0 Å². The molecule has 0 saturated heterocycles. The molecule has 1 aromatic rings. The van der Waals surface area contributed by atoms with Crippen molar-refractivity contribution in [1.29, 1.82) is 0 Å².